The van der Waals surface area contributed by atoms with E-state index in [-0.39, 0.29) is 0 Å². The number of aromatic nitrogens is 1. The van der Waals surface area contributed by atoms with Gasteiger partial charge in [0.25, 0.3) is 0 Å². The van der Waals surface area contributed by atoms with E-state index >= 15 is 0 Å². The minimum absolute atomic E-state index is 0.681. The van der Waals surface area contributed by atoms with E-state index in [2.05, 4.69) is 51.5 Å². The molecule has 1 aromatic carbocycles. The predicted octanol–water partition coefficient (Wildman–Crippen LogP) is 4.03. The molecule has 0 bridgehead atoms. The van der Waals surface area contributed by atoms with Crippen molar-refractivity contribution in [1.29, 1.82) is 0 Å². The molecule has 29 heavy (non-hydrogen) atoms. The van der Waals surface area contributed by atoms with E-state index in [9.17, 15) is 0 Å². The van der Waals surface area contributed by atoms with Crippen LogP contribution in [0.4, 0.5) is 0 Å². The fraction of sp³-hybridized carbons (Fsp3) is 0.545. The summed E-state index contributed by atoms with van der Waals surface area (Å²) < 4.78 is 0. The van der Waals surface area contributed by atoms with Crippen molar-refractivity contribution < 1.29 is 0 Å². The van der Waals surface area contributed by atoms with Crippen LogP contribution in [0.1, 0.15) is 34.0 Å². The molecule has 0 unspecified atom stereocenters. The summed E-state index contributed by atoms with van der Waals surface area (Å²) in [6.45, 7) is 9.20. The summed E-state index contributed by atoms with van der Waals surface area (Å²) in [5.74, 6) is 1.56. The van der Waals surface area contributed by atoms with Crippen molar-refractivity contribution in [2.24, 2.45) is 10.9 Å². The maximum atomic E-state index is 6.30. The van der Waals surface area contributed by atoms with Crippen LogP contribution in [0.3, 0.4) is 0 Å². The quantitative estimate of drug-likeness (QED) is 0.511. The van der Waals surface area contributed by atoms with E-state index in [1.807, 2.05) is 19.2 Å². The van der Waals surface area contributed by atoms with Crippen LogP contribution < -0.4 is 10.6 Å². The second-order valence-corrected chi connectivity index (χ2v) is 9.38. The monoisotopic (exact) mass is 433 g/mol. The molecule has 158 valence electrons. The van der Waals surface area contributed by atoms with Gasteiger partial charge in [-0.05, 0) is 57.3 Å². The zero-order chi connectivity index (χ0) is 20.6. The van der Waals surface area contributed by atoms with Gasteiger partial charge in [0.2, 0.25) is 0 Å². The Hall–Kier alpha value is -1.63. The summed E-state index contributed by atoms with van der Waals surface area (Å²) in [5.41, 5.74) is 2.37. The number of likely N-dealkylation sites (tertiary alicyclic amines) is 1. The van der Waals surface area contributed by atoms with Gasteiger partial charge < -0.3 is 10.6 Å². The number of guanidine groups is 1. The molecule has 0 saturated carbocycles. The van der Waals surface area contributed by atoms with Crippen molar-refractivity contribution in [3.63, 3.8) is 0 Å². The highest BCUT2D eigenvalue weighted by molar-refractivity contribution is 7.11. The lowest BCUT2D eigenvalue weighted by molar-refractivity contribution is 0.178. The van der Waals surface area contributed by atoms with E-state index in [1.54, 1.807) is 11.3 Å². The SMILES string of the molecule is CN=C(NCCc1nc(C)c(C)s1)NCC1CCN(Cc2ccccc2Cl)CC1. The Morgan fingerprint density at radius 3 is 2.66 bits per heavy atom. The Morgan fingerprint density at radius 1 is 1.24 bits per heavy atom. The average molecular weight is 434 g/mol. The van der Waals surface area contributed by atoms with E-state index in [4.69, 9.17) is 11.6 Å². The maximum Gasteiger partial charge on any atom is 0.190 e. The normalized spacial score (nSPS) is 16.2. The summed E-state index contributed by atoms with van der Waals surface area (Å²) in [5, 5.41) is 8.97. The molecule has 2 aromatic rings. The molecule has 0 amide bonds. The molecule has 1 aliphatic rings. The highest BCUT2D eigenvalue weighted by atomic mass is 35.5. The molecule has 1 saturated heterocycles. The highest BCUT2D eigenvalue weighted by Gasteiger charge is 2.20. The third-order valence-electron chi connectivity index (χ3n) is 5.54. The molecule has 2 heterocycles. The van der Waals surface area contributed by atoms with Crippen molar-refractivity contribution >= 4 is 28.9 Å². The number of benzene rings is 1. The Balaban J connectivity index is 1.34. The summed E-state index contributed by atoms with van der Waals surface area (Å²) in [6, 6.07) is 8.15. The Bertz CT molecular complexity index is 792. The molecule has 0 radical (unpaired) electrons. The molecular weight excluding hydrogens is 402 g/mol. The number of rotatable bonds is 7. The fourth-order valence-corrected chi connectivity index (χ4v) is 4.74. The number of thiazole rings is 1. The molecule has 3 rings (SSSR count). The van der Waals surface area contributed by atoms with E-state index in [0.29, 0.717) is 5.92 Å². The first-order valence-electron chi connectivity index (χ1n) is 10.4. The number of nitrogens with zero attached hydrogens (tertiary/aromatic N) is 3. The van der Waals surface area contributed by atoms with Crippen LogP contribution in [0.15, 0.2) is 29.3 Å². The van der Waals surface area contributed by atoms with Crippen molar-refractivity contribution in [1.82, 2.24) is 20.5 Å². The van der Waals surface area contributed by atoms with Crippen LogP contribution in [0.5, 0.6) is 0 Å². The van der Waals surface area contributed by atoms with E-state index < -0.39 is 0 Å². The number of aliphatic imine (C=N–C) groups is 1. The Kier molecular flexibility index (Phi) is 8.33. The van der Waals surface area contributed by atoms with Gasteiger partial charge in [-0.3, -0.25) is 9.89 Å². The standard InChI is InChI=1S/C22H32ClN5S/c1-16-17(2)29-21(27-16)8-11-25-22(24-3)26-14-18-9-12-28(13-10-18)15-19-6-4-5-7-20(19)23/h4-7,18H,8-15H2,1-3H3,(H2,24,25,26). The number of halogens is 1. The van der Waals surface area contributed by atoms with Crippen molar-refractivity contribution in [2.75, 3.05) is 33.2 Å². The maximum absolute atomic E-state index is 6.30. The van der Waals surface area contributed by atoms with Gasteiger partial charge in [-0.25, -0.2) is 4.98 Å². The molecule has 5 nitrogen and oxygen atoms in total. The summed E-state index contributed by atoms with van der Waals surface area (Å²) in [7, 11) is 1.83. The summed E-state index contributed by atoms with van der Waals surface area (Å²) in [6.07, 6.45) is 3.33. The van der Waals surface area contributed by atoms with Crippen LogP contribution in [0.25, 0.3) is 0 Å². The van der Waals surface area contributed by atoms with E-state index in [1.165, 1.54) is 28.3 Å². The summed E-state index contributed by atoms with van der Waals surface area (Å²) >= 11 is 8.09. The minimum atomic E-state index is 0.681. The topological polar surface area (TPSA) is 52.6 Å². The lowest BCUT2D eigenvalue weighted by Gasteiger charge is -2.32. The second-order valence-electron chi connectivity index (χ2n) is 7.69. The van der Waals surface area contributed by atoms with E-state index in [0.717, 1.165) is 55.8 Å². The number of piperidine rings is 1. The summed E-state index contributed by atoms with van der Waals surface area (Å²) in [4.78, 5) is 12.8. The molecule has 0 aliphatic carbocycles. The number of nitrogens with one attached hydrogen (secondary N) is 2. The van der Waals surface area contributed by atoms with Gasteiger partial charge in [0.1, 0.15) is 0 Å². The third kappa shape index (κ3) is 6.69. The zero-order valence-corrected chi connectivity index (χ0v) is 19.2. The molecule has 7 heteroatoms. The van der Waals surface area contributed by atoms with Gasteiger partial charge >= 0.3 is 0 Å². The fourth-order valence-electron chi connectivity index (χ4n) is 3.61. The number of hydrogen-bond donors (Lipinski definition) is 2. The first-order chi connectivity index (χ1) is 14.0. The molecule has 1 aromatic heterocycles. The van der Waals surface area contributed by atoms with Crippen molar-refractivity contribution in [3.05, 3.63) is 50.4 Å². The Labute approximate surface area is 183 Å². The minimum Gasteiger partial charge on any atom is -0.356 e. The first kappa shape index (κ1) is 22.1. The Morgan fingerprint density at radius 2 is 2.00 bits per heavy atom. The van der Waals surface area contributed by atoms with Crippen LogP contribution in [-0.2, 0) is 13.0 Å². The van der Waals surface area contributed by atoms with Gasteiger partial charge in [-0.1, -0.05) is 29.8 Å². The molecule has 1 aliphatic heterocycles. The first-order valence-corrected chi connectivity index (χ1v) is 11.6. The molecule has 2 N–H and O–H groups in total. The van der Waals surface area contributed by atoms with Crippen LogP contribution in [0.2, 0.25) is 5.02 Å². The molecule has 0 atom stereocenters. The molecular formula is C22H32ClN5S. The largest absolute Gasteiger partial charge is 0.356 e. The molecule has 1 fully saturated rings. The van der Waals surface area contributed by atoms with Crippen LogP contribution >= 0.6 is 22.9 Å². The molecule has 0 spiro atoms. The number of hydrogen-bond acceptors (Lipinski definition) is 4. The van der Waals surface area contributed by atoms with Gasteiger partial charge in [0.05, 0.1) is 10.7 Å². The second kappa shape index (κ2) is 11.0. The van der Waals surface area contributed by atoms with Crippen molar-refractivity contribution in [3.8, 4) is 0 Å². The predicted molar refractivity (Wildman–Crippen MR) is 124 cm³/mol. The van der Waals surface area contributed by atoms with Gasteiger partial charge in [-0.2, -0.15) is 0 Å². The van der Waals surface area contributed by atoms with Gasteiger partial charge in [0.15, 0.2) is 5.96 Å². The van der Waals surface area contributed by atoms with Crippen LogP contribution in [0, 0.1) is 19.8 Å². The van der Waals surface area contributed by atoms with Crippen LogP contribution in [-0.4, -0.2) is 49.1 Å². The highest BCUT2D eigenvalue weighted by Crippen LogP contribution is 2.22. The third-order valence-corrected chi connectivity index (χ3v) is 7.05. The van der Waals surface area contributed by atoms with Gasteiger partial charge in [-0.15, -0.1) is 11.3 Å². The lowest BCUT2D eigenvalue weighted by atomic mass is 9.96. The average Bonchev–Trinajstić information content (AvgIpc) is 3.04. The smallest absolute Gasteiger partial charge is 0.190 e. The lowest BCUT2D eigenvalue weighted by Crippen LogP contribution is -2.43. The zero-order valence-electron chi connectivity index (χ0n) is 17.7. The van der Waals surface area contributed by atoms with Gasteiger partial charge in [0, 0.05) is 43.0 Å². The van der Waals surface area contributed by atoms with Crippen molar-refractivity contribution in [2.45, 2.75) is 39.7 Å². The number of aryl methyl sites for hydroxylation is 2.